The lowest BCUT2D eigenvalue weighted by atomic mass is 10.1. The van der Waals surface area contributed by atoms with Gasteiger partial charge in [-0.2, -0.15) is 0 Å². The van der Waals surface area contributed by atoms with E-state index in [4.69, 9.17) is 4.74 Å². The van der Waals surface area contributed by atoms with E-state index in [-0.39, 0.29) is 18.0 Å². The summed E-state index contributed by atoms with van der Waals surface area (Å²) in [6.45, 7) is 9.09. The summed E-state index contributed by atoms with van der Waals surface area (Å²) in [5.74, 6) is 0.542. The lowest BCUT2D eigenvalue weighted by Crippen LogP contribution is -3.09. The molecule has 1 aromatic carbocycles. The number of amides is 3. The summed E-state index contributed by atoms with van der Waals surface area (Å²) >= 11 is 0. The predicted octanol–water partition coefficient (Wildman–Crippen LogP) is 0.724. The molecule has 0 heterocycles. The summed E-state index contributed by atoms with van der Waals surface area (Å²) in [6, 6.07) is 7.35. The highest BCUT2D eigenvalue weighted by Gasteiger charge is 2.17. The maximum Gasteiger partial charge on any atom is 0.322 e. The average Bonchev–Trinajstić information content (AvgIpc) is 2.38. The van der Waals surface area contributed by atoms with Crippen LogP contribution in [0.15, 0.2) is 24.3 Å². The number of hydrogen-bond acceptors (Lipinski definition) is 3. The molecule has 1 atom stereocenters. The second-order valence-corrected chi connectivity index (χ2v) is 6.64. The molecule has 23 heavy (non-hydrogen) atoms. The van der Waals surface area contributed by atoms with E-state index in [1.54, 1.807) is 0 Å². The highest BCUT2D eigenvalue weighted by Crippen LogP contribution is 2.11. The fraction of sp³-hybridized carbons (Fsp3) is 0.529. The van der Waals surface area contributed by atoms with Crippen LogP contribution in [0.4, 0.5) is 4.79 Å². The van der Waals surface area contributed by atoms with E-state index in [0.717, 1.165) is 16.2 Å². The fourth-order valence-electron chi connectivity index (χ4n) is 2.10. The van der Waals surface area contributed by atoms with E-state index in [1.807, 2.05) is 59.0 Å². The summed E-state index contributed by atoms with van der Waals surface area (Å²) in [6.07, 6.45) is 0. The van der Waals surface area contributed by atoms with Crippen LogP contribution in [0.25, 0.3) is 0 Å². The van der Waals surface area contributed by atoms with Gasteiger partial charge in [-0.3, -0.25) is 10.1 Å². The normalized spacial score (nSPS) is 12.4. The number of quaternary nitrogens is 1. The zero-order valence-corrected chi connectivity index (χ0v) is 14.7. The number of imide groups is 1. The fourth-order valence-corrected chi connectivity index (χ4v) is 2.10. The topological polar surface area (TPSA) is 71.9 Å². The van der Waals surface area contributed by atoms with Crippen molar-refractivity contribution >= 4 is 11.9 Å². The molecule has 0 spiro atoms. The first kappa shape index (κ1) is 19.0. The van der Waals surface area contributed by atoms with E-state index < -0.39 is 6.03 Å². The second-order valence-electron chi connectivity index (χ2n) is 6.64. The minimum Gasteiger partial charge on any atom is -0.494 e. The Kier molecular flexibility index (Phi) is 7.03. The molecule has 1 rings (SSSR count). The maximum atomic E-state index is 11.9. The molecular weight excluding hydrogens is 294 g/mol. The number of ether oxygens (including phenoxy) is 1. The predicted molar refractivity (Wildman–Crippen MR) is 89.5 cm³/mol. The highest BCUT2D eigenvalue weighted by molar-refractivity contribution is 5.94. The van der Waals surface area contributed by atoms with Crippen molar-refractivity contribution in [2.45, 2.75) is 39.8 Å². The molecule has 0 saturated carbocycles. The van der Waals surface area contributed by atoms with Crippen molar-refractivity contribution < 1.29 is 19.2 Å². The van der Waals surface area contributed by atoms with E-state index >= 15 is 0 Å². The molecule has 1 aromatic rings. The van der Waals surface area contributed by atoms with Crippen LogP contribution >= 0.6 is 0 Å². The molecule has 0 fully saturated rings. The van der Waals surface area contributed by atoms with Crippen molar-refractivity contribution in [3.05, 3.63) is 29.8 Å². The third-order valence-electron chi connectivity index (χ3n) is 2.94. The summed E-state index contributed by atoms with van der Waals surface area (Å²) in [5, 5.41) is 5.05. The monoisotopic (exact) mass is 322 g/mol. The minimum atomic E-state index is -0.462. The van der Waals surface area contributed by atoms with E-state index in [0.29, 0.717) is 13.2 Å². The van der Waals surface area contributed by atoms with Gasteiger partial charge in [-0.25, -0.2) is 4.79 Å². The number of benzene rings is 1. The third kappa shape index (κ3) is 8.21. The van der Waals surface area contributed by atoms with Crippen molar-refractivity contribution in [1.29, 1.82) is 0 Å². The van der Waals surface area contributed by atoms with Crippen LogP contribution in [0.3, 0.4) is 0 Å². The summed E-state index contributed by atoms with van der Waals surface area (Å²) < 4.78 is 5.40. The van der Waals surface area contributed by atoms with Gasteiger partial charge in [-0.1, -0.05) is 0 Å². The number of carbonyl (C=O) groups excluding carboxylic acids is 2. The van der Waals surface area contributed by atoms with Crippen molar-refractivity contribution in [2.24, 2.45) is 0 Å². The first-order valence-electron chi connectivity index (χ1n) is 7.84. The molecule has 6 nitrogen and oxygen atoms in total. The van der Waals surface area contributed by atoms with Crippen molar-refractivity contribution in [3.8, 4) is 5.75 Å². The molecule has 0 aromatic heterocycles. The molecule has 0 aliphatic heterocycles. The Morgan fingerprint density at radius 3 is 2.30 bits per heavy atom. The Labute approximate surface area is 138 Å². The van der Waals surface area contributed by atoms with Gasteiger partial charge in [0.15, 0.2) is 6.54 Å². The molecular formula is C17H28N3O3+. The van der Waals surface area contributed by atoms with Crippen LogP contribution in [0.2, 0.25) is 0 Å². The Balaban J connectivity index is 2.41. The SMILES string of the molecule is CCOc1ccc(C[NH+](C)CC(=O)NC(=O)NC(C)(C)C)cc1. The van der Waals surface area contributed by atoms with Crippen LogP contribution in [-0.2, 0) is 11.3 Å². The molecule has 0 radical (unpaired) electrons. The Morgan fingerprint density at radius 1 is 1.17 bits per heavy atom. The van der Waals surface area contributed by atoms with Gasteiger partial charge in [0.2, 0.25) is 0 Å². The Bertz CT molecular complexity index is 521. The highest BCUT2D eigenvalue weighted by atomic mass is 16.5. The number of nitrogens with one attached hydrogen (secondary N) is 3. The molecule has 1 unspecified atom stereocenters. The van der Waals surface area contributed by atoms with Crippen molar-refractivity contribution in [3.63, 3.8) is 0 Å². The van der Waals surface area contributed by atoms with Gasteiger partial charge < -0.3 is 15.0 Å². The van der Waals surface area contributed by atoms with Crippen LogP contribution in [-0.4, -0.2) is 37.7 Å². The van der Waals surface area contributed by atoms with Crippen molar-refractivity contribution in [2.75, 3.05) is 20.2 Å². The smallest absolute Gasteiger partial charge is 0.322 e. The van der Waals surface area contributed by atoms with Gasteiger partial charge >= 0.3 is 6.03 Å². The second kappa shape index (κ2) is 8.53. The van der Waals surface area contributed by atoms with Gasteiger partial charge in [0.25, 0.3) is 5.91 Å². The van der Waals surface area contributed by atoms with Gasteiger partial charge in [0.05, 0.1) is 13.7 Å². The lowest BCUT2D eigenvalue weighted by molar-refractivity contribution is -0.885. The Morgan fingerprint density at radius 2 is 1.78 bits per heavy atom. The quantitative estimate of drug-likeness (QED) is 0.723. The molecule has 128 valence electrons. The van der Waals surface area contributed by atoms with Crippen LogP contribution < -0.4 is 20.3 Å². The molecule has 3 amide bonds. The Hall–Kier alpha value is -2.08. The number of rotatable bonds is 6. The van der Waals surface area contributed by atoms with Crippen LogP contribution in [0, 0.1) is 0 Å². The van der Waals surface area contributed by atoms with E-state index in [2.05, 4.69) is 10.6 Å². The van der Waals surface area contributed by atoms with Gasteiger partial charge in [0.1, 0.15) is 12.3 Å². The number of likely N-dealkylation sites (N-methyl/N-ethyl adjacent to an activating group) is 1. The zero-order valence-electron chi connectivity index (χ0n) is 14.7. The molecule has 6 heteroatoms. The molecule has 0 saturated heterocycles. The van der Waals surface area contributed by atoms with Crippen molar-refractivity contribution in [1.82, 2.24) is 10.6 Å². The largest absolute Gasteiger partial charge is 0.494 e. The van der Waals surface area contributed by atoms with Crippen LogP contribution in [0.1, 0.15) is 33.3 Å². The maximum absolute atomic E-state index is 11.9. The first-order chi connectivity index (χ1) is 10.7. The van der Waals surface area contributed by atoms with Gasteiger partial charge in [0, 0.05) is 11.1 Å². The van der Waals surface area contributed by atoms with Gasteiger partial charge in [-0.05, 0) is 52.0 Å². The summed E-state index contributed by atoms with van der Waals surface area (Å²) in [5.41, 5.74) is 0.740. The number of carbonyl (C=O) groups is 2. The lowest BCUT2D eigenvalue weighted by Gasteiger charge is -2.20. The molecule has 0 bridgehead atoms. The standard InChI is InChI=1S/C17H27N3O3/c1-6-23-14-9-7-13(8-10-14)11-20(5)12-15(21)18-16(22)19-17(2,3)4/h7-10H,6,11-12H2,1-5H3,(H2,18,19,21,22)/p+1. The average molecular weight is 322 g/mol. The summed E-state index contributed by atoms with van der Waals surface area (Å²) in [4.78, 5) is 24.5. The third-order valence-corrected chi connectivity index (χ3v) is 2.94. The first-order valence-corrected chi connectivity index (χ1v) is 7.84. The molecule has 0 aliphatic carbocycles. The van der Waals surface area contributed by atoms with Crippen LogP contribution in [0.5, 0.6) is 5.75 Å². The minimum absolute atomic E-state index is 0.227. The van der Waals surface area contributed by atoms with E-state index in [9.17, 15) is 9.59 Å². The van der Waals surface area contributed by atoms with E-state index in [1.165, 1.54) is 0 Å². The molecule has 0 aliphatic rings. The molecule has 3 N–H and O–H groups in total. The number of hydrogen-bond donors (Lipinski definition) is 3. The van der Waals surface area contributed by atoms with Gasteiger partial charge in [-0.15, -0.1) is 0 Å². The summed E-state index contributed by atoms with van der Waals surface area (Å²) in [7, 11) is 1.91. The zero-order chi connectivity index (χ0) is 17.5. The number of urea groups is 1.